The first-order valence-electron chi connectivity index (χ1n) is 11.6. The van der Waals surface area contributed by atoms with E-state index in [2.05, 4.69) is 0 Å². The summed E-state index contributed by atoms with van der Waals surface area (Å²) in [7, 11) is 0. The van der Waals surface area contributed by atoms with Crippen molar-refractivity contribution in [2.24, 2.45) is 0 Å². The Balaban J connectivity index is 3.60. The predicted octanol–water partition coefficient (Wildman–Crippen LogP) is 7.90. The van der Waals surface area contributed by atoms with Gasteiger partial charge >= 0.3 is 47.9 Å². The summed E-state index contributed by atoms with van der Waals surface area (Å²) in [5.41, 5.74) is -3.48. The summed E-state index contributed by atoms with van der Waals surface area (Å²) in [6, 6.07) is -1.94. The number of nitrogens with zero attached hydrogens (tertiary/aromatic N) is 2. The maximum atomic E-state index is 14.2. The molecule has 1 aliphatic rings. The average molecular weight is 677 g/mol. The maximum absolute atomic E-state index is 14.2. The number of amides is 1. The molecule has 255 valence electrons. The first-order chi connectivity index (χ1) is 18.4. The topological polar surface area (TPSA) is 43.5 Å². The Morgan fingerprint density at radius 3 is 1.28 bits per heavy atom. The quantitative estimate of drug-likeness (QED) is 0.221. The van der Waals surface area contributed by atoms with Crippen molar-refractivity contribution in [2.75, 3.05) is 6.54 Å². The lowest BCUT2D eigenvalue weighted by atomic mass is 9.78. The molecule has 1 amide bonds. The largest absolute Gasteiger partial charge is 0.460 e. The van der Waals surface area contributed by atoms with Crippen LogP contribution in [0.1, 0.15) is 53.4 Å². The Bertz CT molecular complexity index is 1000. The molecule has 1 aliphatic heterocycles. The zero-order valence-electron chi connectivity index (χ0n) is 22.1. The van der Waals surface area contributed by atoms with Gasteiger partial charge in [-0.2, -0.15) is 79.0 Å². The van der Waals surface area contributed by atoms with Crippen LogP contribution in [0.2, 0.25) is 0 Å². The number of alkyl halides is 18. The Labute approximate surface area is 230 Å². The van der Waals surface area contributed by atoms with Crippen molar-refractivity contribution in [3.05, 3.63) is 0 Å². The van der Waals surface area contributed by atoms with E-state index in [9.17, 15) is 89.0 Å². The predicted molar refractivity (Wildman–Crippen MR) is 106 cm³/mol. The van der Waals surface area contributed by atoms with Crippen LogP contribution >= 0.6 is 0 Å². The van der Waals surface area contributed by atoms with E-state index in [1.807, 2.05) is 0 Å². The first-order valence-corrected chi connectivity index (χ1v) is 11.6. The van der Waals surface area contributed by atoms with Crippen molar-refractivity contribution in [1.82, 2.24) is 9.96 Å². The number of rotatable bonds is 10. The summed E-state index contributed by atoms with van der Waals surface area (Å²) in [5.74, 6) is -45.3. The van der Waals surface area contributed by atoms with Gasteiger partial charge in [-0.25, -0.2) is 0 Å². The molecule has 0 spiro atoms. The molecular formula is C21H23F18N2O2. The fraction of sp³-hybridized carbons (Fsp3) is 0.952. The molecule has 0 aromatic carbocycles. The highest BCUT2D eigenvalue weighted by molar-refractivity contribution is 5.77. The number of hydrogen-bond acceptors (Lipinski definition) is 2. The van der Waals surface area contributed by atoms with E-state index in [0.717, 1.165) is 27.7 Å². The molecule has 22 heteroatoms. The number of piperidine rings is 1. The summed E-state index contributed by atoms with van der Waals surface area (Å²) in [6.45, 7) is 2.06. The molecule has 0 unspecified atom stereocenters. The highest BCUT2D eigenvalue weighted by atomic mass is 19.4. The maximum Gasteiger partial charge on any atom is 0.460 e. The molecule has 1 fully saturated rings. The highest BCUT2D eigenvalue weighted by Crippen LogP contribution is 2.56. The lowest BCUT2D eigenvalue weighted by Crippen LogP contribution is -2.65. The van der Waals surface area contributed by atoms with E-state index in [1.165, 1.54) is 0 Å². The Morgan fingerprint density at radius 1 is 0.628 bits per heavy atom. The number of carbonyl (C=O) groups is 1. The lowest BCUT2D eigenvalue weighted by molar-refractivity contribution is -0.397. The molecule has 4 nitrogen and oxygen atoms in total. The third-order valence-electron chi connectivity index (χ3n) is 6.79. The fourth-order valence-electron chi connectivity index (χ4n) is 4.58. The van der Waals surface area contributed by atoms with E-state index in [4.69, 9.17) is 0 Å². The molecule has 0 bridgehead atoms. The van der Waals surface area contributed by atoms with Crippen molar-refractivity contribution >= 4 is 5.91 Å². The Kier molecular flexibility index (Phi) is 9.91. The zero-order chi connectivity index (χ0) is 34.8. The fourth-order valence-corrected chi connectivity index (χ4v) is 4.58. The van der Waals surface area contributed by atoms with Gasteiger partial charge in [0.15, 0.2) is 0 Å². The SMILES string of the molecule is CC1(C)CC(N(CCC(F)(F)C(F)(F)C(F)(F)C(F)(F)F)C(=O)CC(F)(F)C(F)(F)C(F)(F)C(F)(F)F)CC(C)(C)N1[O]. The normalized spacial score (nSPS) is 20.3. The molecule has 1 heterocycles. The van der Waals surface area contributed by atoms with E-state index in [-0.39, 0.29) is 0 Å². The minimum atomic E-state index is -7.50. The summed E-state index contributed by atoms with van der Waals surface area (Å²) in [6.07, 6.45) is -22.5. The van der Waals surface area contributed by atoms with Gasteiger partial charge in [0.1, 0.15) is 0 Å². The number of halogens is 18. The van der Waals surface area contributed by atoms with Crippen molar-refractivity contribution in [3.63, 3.8) is 0 Å². The third kappa shape index (κ3) is 6.73. The Hall–Kier alpha value is -1.87. The van der Waals surface area contributed by atoms with Crippen LogP contribution in [-0.2, 0) is 10.0 Å². The molecule has 1 rings (SSSR count). The standard InChI is InChI=1S/C21H23F18N2O2/c1-12(2)7-10(8-13(3,4)41(12)43)40(6-5-14(22,23)16(26,27)18(30,31)20(34,35)36)11(42)9-15(24,25)17(28,29)19(32,33)21(37,38)39/h10H,5-9H2,1-4H3. The third-order valence-corrected chi connectivity index (χ3v) is 6.79. The minimum Gasteiger partial charge on any atom is -0.339 e. The van der Waals surface area contributed by atoms with Crippen LogP contribution in [-0.4, -0.2) is 87.4 Å². The number of carbonyl (C=O) groups excluding carboxylic acids is 1. The number of hydroxylamine groups is 2. The minimum absolute atomic E-state index is 0.304. The van der Waals surface area contributed by atoms with E-state index in [1.54, 1.807) is 0 Å². The molecule has 1 saturated heterocycles. The van der Waals surface area contributed by atoms with Crippen molar-refractivity contribution < 1.29 is 89.0 Å². The van der Waals surface area contributed by atoms with Crippen LogP contribution in [0.15, 0.2) is 0 Å². The molecule has 0 aromatic heterocycles. The van der Waals surface area contributed by atoms with E-state index in [0.29, 0.717) is 5.06 Å². The van der Waals surface area contributed by atoms with Gasteiger partial charge in [0.05, 0.1) is 6.42 Å². The van der Waals surface area contributed by atoms with Crippen molar-refractivity contribution in [1.29, 1.82) is 0 Å². The van der Waals surface area contributed by atoms with E-state index < -0.39 is 108 Å². The van der Waals surface area contributed by atoms with Gasteiger partial charge in [0.25, 0.3) is 0 Å². The summed E-state index contributed by atoms with van der Waals surface area (Å²) >= 11 is 0. The zero-order valence-corrected chi connectivity index (χ0v) is 22.1. The number of hydrogen-bond donors (Lipinski definition) is 0. The average Bonchev–Trinajstić information content (AvgIpc) is 2.74. The molecule has 1 radical (unpaired) electrons. The first kappa shape index (κ1) is 39.2. The smallest absolute Gasteiger partial charge is 0.339 e. The second-order valence-corrected chi connectivity index (χ2v) is 11.2. The van der Waals surface area contributed by atoms with Gasteiger partial charge in [0.2, 0.25) is 5.91 Å². The molecule has 43 heavy (non-hydrogen) atoms. The molecule has 0 aromatic rings. The van der Waals surface area contributed by atoms with E-state index >= 15 is 0 Å². The highest BCUT2D eigenvalue weighted by Gasteiger charge is 2.83. The van der Waals surface area contributed by atoms with Crippen LogP contribution in [0.5, 0.6) is 0 Å². The van der Waals surface area contributed by atoms with Crippen LogP contribution < -0.4 is 0 Å². The lowest BCUT2D eigenvalue weighted by Gasteiger charge is -2.52. The van der Waals surface area contributed by atoms with Crippen molar-refractivity contribution in [3.8, 4) is 0 Å². The summed E-state index contributed by atoms with van der Waals surface area (Å²) < 4.78 is 239. The summed E-state index contributed by atoms with van der Waals surface area (Å²) in [5, 5.41) is 12.8. The summed E-state index contributed by atoms with van der Waals surface area (Å²) in [4.78, 5) is 12.2. The van der Waals surface area contributed by atoms with Gasteiger partial charge in [-0.15, -0.1) is 10.3 Å². The molecule has 0 atom stereocenters. The van der Waals surface area contributed by atoms with Crippen molar-refractivity contribution in [2.45, 2.75) is 118 Å². The Morgan fingerprint density at radius 2 is 0.953 bits per heavy atom. The van der Waals surface area contributed by atoms with Gasteiger partial charge in [-0.3, -0.25) is 4.79 Å². The second-order valence-electron chi connectivity index (χ2n) is 11.2. The van der Waals surface area contributed by atoms with Gasteiger partial charge in [-0.05, 0) is 40.5 Å². The van der Waals surface area contributed by atoms with Gasteiger partial charge in [0, 0.05) is 30.1 Å². The molecule has 0 aliphatic carbocycles. The monoisotopic (exact) mass is 677 g/mol. The molecule has 0 saturated carbocycles. The molecule has 0 N–H and O–H groups in total. The van der Waals surface area contributed by atoms with Crippen LogP contribution in [0.3, 0.4) is 0 Å². The second kappa shape index (κ2) is 10.9. The molecular weight excluding hydrogens is 654 g/mol. The van der Waals surface area contributed by atoms with Crippen LogP contribution in [0.25, 0.3) is 0 Å². The van der Waals surface area contributed by atoms with Crippen LogP contribution in [0.4, 0.5) is 79.0 Å². The van der Waals surface area contributed by atoms with Crippen LogP contribution in [0, 0.1) is 0 Å². The van der Waals surface area contributed by atoms with Gasteiger partial charge in [-0.1, -0.05) is 0 Å². The van der Waals surface area contributed by atoms with Gasteiger partial charge < -0.3 is 4.90 Å².